The molecule has 1 heterocycles. The molecule has 0 unspecified atom stereocenters. The first-order chi connectivity index (χ1) is 9.65. The van der Waals surface area contributed by atoms with E-state index in [0.717, 1.165) is 5.76 Å². The van der Waals surface area contributed by atoms with E-state index in [9.17, 15) is 10.1 Å². The van der Waals surface area contributed by atoms with Gasteiger partial charge in [-0.05, 0) is 31.2 Å². The third-order valence-electron chi connectivity index (χ3n) is 2.97. The van der Waals surface area contributed by atoms with E-state index in [1.54, 1.807) is 18.4 Å². The van der Waals surface area contributed by atoms with Crippen LogP contribution in [0.25, 0.3) is 0 Å². The van der Waals surface area contributed by atoms with Gasteiger partial charge in [-0.2, -0.15) is 5.26 Å². The molecule has 1 aromatic heterocycles. The number of rotatable bonds is 5. The average molecular weight is 271 g/mol. The number of nitriles is 1. The van der Waals surface area contributed by atoms with Crippen LogP contribution in [0.5, 0.6) is 0 Å². The van der Waals surface area contributed by atoms with Crippen molar-refractivity contribution in [3.8, 4) is 6.07 Å². The molecule has 1 aromatic carbocycles. The molecule has 0 bridgehead atoms. The molecule has 20 heavy (non-hydrogen) atoms. The van der Waals surface area contributed by atoms with Crippen LogP contribution in [0.2, 0.25) is 0 Å². The zero-order valence-electron chi connectivity index (χ0n) is 10.9. The average Bonchev–Trinajstić information content (AvgIpc) is 2.97. The van der Waals surface area contributed by atoms with Gasteiger partial charge in [-0.15, -0.1) is 0 Å². The SMILES string of the molecule is CCN(Cc1ccco1)c1ccc(C#N)c([N+](=O)[O-])c1. The monoisotopic (exact) mass is 271 g/mol. The highest BCUT2D eigenvalue weighted by Gasteiger charge is 2.17. The number of benzene rings is 1. The third kappa shape index (κ3) is 2.78. The first kappa shape index (κ1) is 13.6. The Labute approximate surface area is 116 Å². The van der Waals surface area contributed by atoms with Gasteiger partial charge in [0.25, 0.3) is 5.69 Å². The Morgan fingerprint density at radius 1 is 1.45 bits per heavy atom. The molecule has 0 aliphatic rings. The smallest absolute Gasteiger partial charge is 0.289 e. The summed E-state index contributed by atoms with van der Waals surface area (Å²) in [7, 11) is 0. The zero-order chi connectivity index (χ0) is 14.5. The Morgan fingerprint density at radius 2 is 2.25 bits per heavy atom. The second-order valence-corrected chi connectivity index (χ2v) is 4.16. The second kappa shape index (κ2) is 5.89. The molecule has 6 nitrogen and oxygen atoms in total. The first-order valence-electron chi connectivity index (χ1n) is 6.11. The lowest BCUT2D eigenvalue weighted by molar-refractivity contribution is -0.385. The van der Waals surface area contributed by atoms with Crippen molar-refractivity contribution < 1.29 is 9.34 Å². The van der Waals surface area contributed by atoms with E-state index in [1.807, 2.05) is 24.0 Å². The van der Waals surface area contributed by atoms with Crippen molar-refractivity contribution in [1.29, 1.82) is 5.26 Å². The molecular formula is C14H13N3O3. The van der Waals surface area contributed by atoms with Crippen LogP contribution in [0, 0.1) is 21.4 Å². The molecule has 0 radical (unpaired) electrons. The van der Waals surface area contributed by atoms with E-state index in [4.69, 9.17) is 9.68 Å². The van der Waals surface area contributed by atoms with Crippen molar-refractivity contribution in [2.45, 2.75) is 13.5 Å². The number of nitrogens with zero attached hydrogens (tertiary/aromatic N) is 3. The van der Waals surface area contributed by atoms with Crippen LogP contribution in [-0.4, -0.2) is 11.5 Å². The fourth-order valence-corrected chi connectivity index (χ4v) is 1.94. The van der Waals surface area contributed by atoms with Gasteiger partial charge in [-0.3, -0.25) is 10.1 Å². The predicted octanol–water partition coefficient (Wildman–Crippen LogP) is 3.09. The number of nitro benzene ring substituents is 1. The van der Waals surface area contributed by atoms with Gasteiger partial charge < -0.3 is 9.32 Å². The van der Waals surface area contributed by atoms with Crippen LogP contribution in [0.15, 0.2) is 41.0 Å². The van der Waals surface area contributed by atoms with E-state index in [2.05, 4.69) is 0 Å². The normalized spacial score (nSPS) is 10.0. The predicted molar refractivity (Wildman–Crippen MR) is 73.2 cm³/mol. The summed E-state index contributed by atoms with van der Waals surface area (Å²) < 4.78 is 5.28. The summed E-state index contributed by atoms with van der Waals surface area (Å²) in [6.45, 7) is 3.14. The van der Waals surface area contributed by atoms with E-state index in [0.29, 0.717) is 18.8 Å². The Morgan fingerprint density at radius 3 is 2.80 bits per heavy atom. The van der Waals surface area contributed by atoms with E-state index in [1.165, 1.54) is 12.1 Å². The maximum atomic E-state index is 11.0. The molecule has 6 heteroatoms. The highest BCUT2D eigenvalue weighted by Crippen LogP contribution is 2.26. The maximum absolute atomic E-state index is 11.0. The van der Waals surface area contributed by atoms with Crippen molar-refractivity contribution in [1.82, 2.24) is 0 Å². The molecule has 0 fully saturated rings. The molecule has 0 atom stereocenters. The molecule has 2 aromatic rings. The molecule has 0 amide bonds. The molecule has 2 rings (SSSR count). The molecular weight excluding hydrogens is 258 g/mol. The quantitative estimate of drug-likeness (QED) is 0.616. The Bertz CT molecular complexity index is 644. The summed E-state index contributed by atoms with van der Waals surface area (Å²) in [5.41, 5.74) is 0.574. The van der Waals surface area contributed by atoms with Crippen molar-refractivity contribution in [3.05, 3.63) is 58.0 Å². The van der Waals surface area contributed by atoms with Crippen molar-refractivity contribution in [3.63, 3.8) is 0 Å². The van der Waals surface area contributed by atoms with Crippen LogP contribution < -0.4 is 4.90 Å². The minimum Gasteiger partial charge on any atom is -0.467 e. The van der Waals surface area contributed by atoms with Gasteiger partial charge in [0.15, 0.2) is 0 Å². The second-order valence-electron chi connectivity index (χ2n) is 4.16. The summed E-state index contributed by atoms with van der Waals surface area (Å²) in [4.78, 5) is 12.4. The summed E-state index contributed by atoms with van der Waals surface area (Å²) in [6, 6.07) is 10.1. The largest absolute Gasteiger partial charge is 0.467 e. The third-order valence-corrected chi connectivity index (χ3v) is 2.97. The fourth-order valence-electron chi connectivity index (χ4n) is 1.94. The molecule has 0 N–H and O–H groups in total. The van der Waals surface area contributed by atoms with Crippen LogP contribution in [-0.2, 0) is 6.54 Å². The van der Waals surface area contributed by atoms with E-state index >= 15 is 0 Å². The summed E-state index contributed by atoms with van der Waals surface area (Å²) in [5.74, 6) is 0.777. The van der Waals surface area contributed by atoms with Gasteiger partial charge in [0.2, 0.25) is 0 Å². The topological polar surface area (TPSA) is 83.3 Å². The highest BCUT2D eigenvalue weighted by atomic mass is 16.6. The minimum absolute atomic E-state index is 0.0628. The lowest BCUT2D eigenvalue weighted by Crippen LogP contribution is -2.21. The van der Waals surface area contributed by atoms with Crippen LogP contribution in [0.1, 0.15) is 18.2 Å². The Balaban J connectivity index is 2.33. The summed E-state index contributed by atoms with van der Waals surface area (Å²) >= 11 is 0. The van der Waals surface area contributed by atoms with Gasteiger partial charge in [0.1, 0.15) is 17.4 Å². The van der Waals surface area contributed by atoms with Gasteiger partial charge in [-0.25, -0.2) is 0 Å². The zero-order valence-corrected chi connectivity index (χ0v) is 10.9. The molecule has 0 spiro atoms. The van der Waals surface area contributed by atoms with Gasteiger partial charge in [0, 0.05) is 18.3 Å². The number of hydrogen-bond donors (Lipinski definition) is 0. The van der Waals surface area contributed by atoms with Crippen molar-refractivity contribution in [2.75, 3.05) is 11.4 Å². The lowest BCUT2D eigenvalue weighted by atomic mass is 10.1. The molecule has 0 aliphatic carbocycles. The number of furan rings is 1. The molecule has 0 aliphatic heterocycles. The summed E-state index contributed by atoms with van der Waals surface area (Å²) in [6.07, 6.45) is 1.59. The molecule has 0 saturated carbocycles. The first-order valence-corrected chi connectivity index (χ1v) is 6.11. The van der Waals surface area contributed by atoms with E-state index in [-0.39, 0.29) is 11.3 Å². The fraction of sp³-hybridized carbons (Fsp3) is 0.214. The minimum atomic E-state index is -0.539. The summed E-state index contributed by atoms with van der Waals surface area (Å²) in [5, 5.41) is 19.9. The van der Waals surface area contributed by atoms with Crippen LogP contribution in [0.3, 0.4) is 0 Å². The van der Waals surface area contributed by atoms with Gasteiger partial charge >= 0.3 is 0 Å². The Hall–Kier alpha value is -2.81. The maximum Gasteiger partial charge on any atom is 0.289 e. The highest BCUT2D eigenvalue weighted by molar-refractivity contribution is 5.60. The number of anilines is 1. The molecule has 102 valence electrons. The van der Waals surface area contributed by atoms with Crippen LogP contribution >= 0.6 is 0 Å². The lowest BCUT2D eigenvalue weighted by Gasteiger charge is -2.21. The number of hydrogen-bond acceptors (Lipinski definition) is 5. The van der Waals surface area contributed by atoms with Crippen LogP contribution in [0.4, 0.5) is 11.4 Å². The van der Waals surface area contributed by atoms with Crippen molar-refractivity contribution >= 4 is 11.4 Å². The Kier molecular flexibility index (Phi) is 4.01. The standard InChI is InChI=1S/C14H13N3O3/c1-2-16(10-13-4-3-7-20-13)12-6-5-11(9-15)14(8-12)17(18)19/h3-8H,2,10H2,1H3. The van der Waals surface area contributed by atoms with Gasteiger partial charge in [0.05, 0.1) is 17.7 Å². The van der Waals surface area contributed by atoms with E-state index < -0.39 is 4.92 Å². The molecule has 0 saturated heterocycles. The number of nitro groups is 1. The van der Waals surface area contributed by atoms with Gasteiger partial charge in [-0.1, -0.05) is 0 Å². The van der Waals surface area contributed by atoms with Crippen molar-refractivity contribution in [2.24, 2.45) is 0 Å².